The van der Waals surface area contributed by atoms with Crippen LogP contribution in [0.4, 0.5) is 18.3 Å². The highest BCUT2D eigenvalue weighted by Crippen LogP contribution is 2.31. The Balaban J connectivity index is 1.82. The first-order chi connectivity index (χ1) is 13.8. The maximum Gasteiger partial charge on any atom is 0.266 e. The zero-order chi connectivity index (χ0) is 21.0. The fourth-order valence-electron chi connectivity index (χ4n) is 2.71. The summed E-state index contributed by atoms with van der Waals surface area (Å²) >= 11 is 1.02. The molecule has 3 rings (SSSR count). The molecule has 0 unspecified atom stereocenters. The second kappa shape index (κ2) is 9.23. The summed E-state index contributed by atoms with van der Waals surface area (Å²) < 4.78 is 46.9. The van der Waals surface area contributed by atoms with E-state index in [-0.39, 0.29) is 16.4 Å². The lowest BCUT2D eigenvalue weighted by Crippen LogP contribution is -2.37. The topological polar surface area (TPSA) is 45.7 Å². The Bertz CT molecular complexity index is 1010. The molecule has 0 aliphatic rings. The van der Waals surface area contributed by atoms with Gasteiger partial charge in [-0.2, -0.15) is 0 Å². The summed E-state index contributed by atoms with van der Waals surface area (Å²) in [7, 11) is 3.81. The molecule has 0 saturated heterocycles. The second-order valence-corrected chi connectivity index (χ2v) is 7.66. The van der Waals surface area contributed by atoms with E-state index >= 15 is 0 Å². The van der Waals surface area contributed by atoms with Gasteiger partial charge in [0.15, 0.2) is 29.1 Å². The van der Waals surface area contributed by atoms with Crippen LogP contribution in [0.1, 0.15) is 6.42 Å². The molecule has 29 heavy (non-hydrogen) atoms. The molecule has 3 aromatic rings. The zero-order valence-electron chi connectivity index (χ0n) is 16.0. The first kappa shape index (κ1) is 21.1. The van der Waals surface area contributed by atoms with Gasteiger partial charge in [-0.15, -0.1) is 0 Å². The first-order valence-electron chi connectivity index (χ1n) is 8.93. The Morgan fingerprint density at radius 3 is 2.59 bits per heavy atom. The highest BCUT2D eigenvalue weighted by molar-refractivity contribution is 7.22. The number of para-hydroxylation sites is 1. The standard InChI is InChI=1S/C20H20F3N3O2S/c1-25(2)8-5-9-26(18(27)12-28-16-7-4-3-6-14(16)22)20-24-19-15(23)10-13(21)11-17(19)29-20/h3-4,6-7,10-11H,5,8-9,12H2,1-2H3. The summed E-state index contributed by atoms with van der Waals surface area (Å²) in [6.45, 7) is 0.614. The van der Waals surface area contributed by atoms with E-state index in [1.807, 2.05) is 19.0 Å². The van der Waals surface area contributed by atoms with Crippen LogP contribution in [-0.2, 0) is 4.79 Å². The fraction of sp³-hybridized carbons (Fsp3) is 0.300. The summed E-state index contributed by atoms with van der Waals surface area (Å²) in [4.78, 5) is 20.3. The average molecular weight is 423 g/mol. The minimum atomic E-state index is -0.786. The number of aromatic nitrogens is 1. The smallest absolute Gasteiger partial charge is 0.266 e. The quantitative estimate of drug-likeness (QED) is 0.548. The molecule has 0 spiro atoms. The van der Waals surface area contributed by atoms with E-state index < -0.39 is 30.0 Å². The molecule has 0 N–H and O–H groups in total. The Morgan fingerprint density at radius 1 is 1.10 bits per heavy atom. The minimum absolute atomic E-state index is 0.00633. The summed E-state index contributed by atoms with van der Waals surface area (Å²) in [5.74, 6) is -2.56. The van der Waals surface area contributed by atoms with Crippen molar-refractivity contribution in [1.82, 2.24) is 9.88 Å². The molecule has 0 fully saturated rings. The van der Waals surface area contributed by atoms with E-state index in [0.717, 1.165) is 17.4 Å². The van der Waals surface area contributed by atoms with Gasteiger partial charge in [-0.25, -0.2) is 18.2 Å². The van der Waals surface area contributed by atoms with Gasteiger partial charge >= 0.3 is 0 Å². The van der Waals surface area contributed by atoms with Crippen LogP contribution in [-0.4, -0.2) is 49.6 Å². The van der Waals surface area contributed by atoms with Gasteiger partial charge in [-0.1, -0.05) is 23.5 Å². The molecule has 0 aliphatic heterocycles. The molecule has 0 radical (unpaired) electrons. The van der Waals surface area contributed by atoms with Crippen LogP contribution in [0.3, 0.4) is 0 Å². The van der Waals surface area contributed by atoms with Gasteiger partial charge in [-0.05, 0) is 45.3 Å². The number of nitrogens with zero attached hydrogens (tertiary/aromatic N) is 3. The first-order valence-corrected chi connectivity index (χ1v) is 9.75. The van der Waals surface area contributed by atoms with Crippen LogP contribution in [0.15, 0.2) is 36.4 Å². The molecule has 5 nitrogen and oxygen atoms in total. The predicted molar refractivity (Wildman–Crippen MR) is 107 cm³/mol. The summed E-state index contributed by atoms with van der Waals surface area (Å²) in [5.41, 5.74) is 0.00633. The SMILES string of the molecule is CN(C)CCCN(C(=O)COc1ccccc1F)c1nc2c(F)cc(F)cc2s1. The lowest BCUT2D eigenvalue weighted by Gasteiger charge is -2.21. The van der Waals surface area contributed by atoms with Gasteiger partial charge in [0.25, 0.3) is 5.91 Å². The molecule has 0 aliphatic carbocycles. The van der Waals surface area contributed by atoms with Gasteiger partial charge in [0.2, 0.25) is 0 Å². The highest BCUT2D eigenvalue weighted by atomic mass is 32.1. The lowest BCUT2D eigenvalue weighted by atomic mass is 10.3. The van der Waals surface area contributed by atoms with Gasteiger partial charge in [-0.3, -0.25) is 9.69 Å². The van der Waals surface area contributed by atoms with Crippen LogP contribution < -0.4 is 9.64 Å². The normalized spacial score (nSPS) is 11.2. The summed E-state index contributed by atoms with van der Waals surface area (Å²) in [6, 6.07) is 7.71. The Hall–Kier alpha value is -2.65. The molecule has 154 valence electrons. The summed E-state index contributed by atoms with van der Waals surface area (Å²) in [5, 5.41) is 0.241. The van der Waals surface area contributed by atoms with E-state index in [0.29, 0.717) is 24.2 Å². The minimum Gasteiger partial charge on any atom is -0.481 e. The van der Waals surface area contributed by atoms with Gasteiger partial charge < -0.3 is 9.64 Å². The maximum atomic E-state index is 14.0. The van der Waals surface area contributed by atoms with Crippen molar-refractivity contribution in [3.63, 3.8) is 0 Å². The van der Waals surface area contributed by atoms with E-state index in [4.69, 9.17) is 4.74 Å². The van der Waals surface area contributed by atoms with Crippen LogP contribution in [0.2, 0.25) is 0 Å². The number of carbonyl (C=O) groups excluding carboxylic acids is 1. The van der Waals surface area contributed by atoms with Crippen molar-refractivity contribution in [1.29, 1.82) is 0 Å². The van der Waals surface area contributed by atoms with Crippen LogP contribution in [0, 0.1) is 17.5 Å². The van der Waals surface area contributed by atoms with E-state index in [1.54, 1.807) is 6.07 Å². The van der Waals surface area contributed by atoms with Gasteiger partial charge in [0, 0.05) is 12.6 Å². The molecule has 0 atom stereocenters. The van der Waals surface area contributed by atoms with Crippen LogP contribution in [0.25, 0.3) is 10.2 Å². The van der Waals surface area contributed by atoms with Crippen molar-refractivity contribution in [3.05, 3.63) is 53.8 Å². The molecule has 1 aromatic heterocycles. The molecule has 1 amide bonds. The average Bonchev–Trinajstić information content (AvgIpc) is 3.08. The number of rotatable bonds is 8. The Labute approximate surface area is 170 Å². The summed E-state index contributed by atoms with van der Waals surface area (Å²) in [6.07, 6.45) is 0.630. The Kier molecular flexibility index (Phi) is 6.71. The molecule has 0 bridgehead atoms. The number of hydrogen-bond donors (Lipinski definition) is 0. The van der Waals surface area contributed by atoms with E-state index in [9.17, 15) is 18.0 Å². The third kappa shape index (κ3) is 5.24. The molecule has 1 heterocycles. The number of ether oxygens (including phenoxy) is 1. The molecular formula is C20H20F3N3O2S. The second-order valence-electron chi connectivity index (χ2n) is 6.65. The number of fused-ring (bicyclic) bond motifs is 1. The van der Waals surface area contributed by atoms with Crippen molar-refractivity contribution in [2.24, 2.45) is 0 Å². The zero-order valence-corrected chi connectivity index (χ0v) is 16.8. The molecule has 0 saturated carbocycles. The van der Waals surface area contributed by atoms with Crippen molar-refractivity contribution >= 4 is 32.6 Å². The van der Waals surface area contributed by atoms with E-state index in [2.05, 4.69) is 4.98 Å². The highest BCUT2D eigenvalue weighted by Gasteiger charge is 2.22. The van der Waals surface area contributed by atoms with Gasteiger partial charge in [0.05, 0.1) is 4.70 Å². The van der Waals surface area contributed by atoms with Crippen molar-refractivity contribution in [2.45, 2.75) is 6.42 Å². The molecule has 2 aromatic carbocycles. The number of halogens is 3. The lowest BCUT2D eigenvalue weighted by molar-refractivity contribution is -0.120. The van der Waals surface area contributed by atoms with E-state index in [1.165, 1.54) is 29.2 Å². The van der Waals surface area contributed by atoms with Crippen LogP contribution >= 0.6 is 11.3 Å². The number of benzene rings is 2. The van der Waals surface area contributed by atoms with Crippen molar-refractivity contribution < 1.29 is 22.7 Å². The van der Waals surface area contributed by atoms with Crippen molar-refractivity contribution in [3.8, 4) is 5.75 Å². The fourth-order valence-corrected chi connectivity index (χ4v) is 3.76. The van der Waals surface area contributed by atoms with Crippen molar-refractivity contribution in [2.75, 3.05) is 38.7 Å². The third-order valence-corrected chi connectivity index (χ3v) is 5.13. The molecule has 9 heteroatoms. The molecular weight excluding hydrogens is 403 g/mol. The number of carbonyl (C=O) groups is 1. The third-order valence-electron chi connectivity index (χ3n) is 4.11. The maximum absolute atomic E-state index is 14.0. The Morgan fingerprint density at radius 2 is 1.86 bits per heavy atom. The number of thiazole rings is 1. The van der Waals surface area contributed by atoms with Crippen LogP contribution in [0.5, 0.6) is 5.75 Å². The number of amides is 1. The monoisotopic (exact) mass is 423 g/mol. The predicted octanol–water partition coefficient (Wildman–Crippen LogP) is 4.08. The number of anilines is 1. The van der Waals surface area contributed by atoms with Gasteiger partial charge in [0.1, 0.15) is 11.3 Å². The number of hydrogen-bond acceptors (Lipinski definition) is 5. The largest absolute Gasteiger partial charge is 0.481 e.